The van der Waals surface area contributed by atoms with Crippen LogP contribution in [0.2, 0.25) is 0 Å². The number of ether oxygens (including phenoxy) is 1. The van der Waals surface area contributed by atoms with Gasteiger partial charge in [0, 0.05) is 5.39 Å². The Bertz CT molecular complexity index is 597. The van der Waals surface area contributed by atoms with Crippen molar-refractivity contribution in [3.63, 3.8) is 0 Å². The van der Waals surface area contributed by atoms with E-state index >= 15 is 0 Å². The van der Waals surface area contributed by atoms with Crippen molar-refractivity contribution in [2.45, 2.75) is 25.4 Å². The Hall–Kier alpha value is -2.08. The molecule has 17 heavy (non-hydrogen) atoms. The van der Waals surface area contributed by atoms with E-state index in [9.17, 15) is 0 Å². The quantitative estimate of drug-likeness (QED) is 0.787. The number of para-hydroxylation sites is 1. The second-order valence-electron chi connectivity index (χ2n) is 4.32. The molecule has 0 saturated heterocycles. The molecule has 1 aliphatic rings. The van der Waals surface area contributed by atoms with Crippen LogP contribution in [-0.2, 0) is 0 Å². The van der Waals surface area contributed by atoms with Crippen LogP contribution in [0.3, 0.4) is 0 Å². The zero-order valence-corrected chi connectivity index (χ0v) is 9.39. The first kappa shape index (κ1) is 10.1. The van der Waals surface area contributed by atoms with Gasteiger partial charge in [-0.05, 0) is 31.4 Å². The highest BCUT2D eigenvalue weighted by molar-refractivity contribution is 5.80. The van der Waals surface area contributed by atoms with Crippen LogP contribution >= 0.6 is 0 Å². The van der Waals surface area contributed by atoms with Gasteiger partial charge >= 0.3 is 0 Å². The van der Waals surface area contributed by atoms with E-state index in [1.807, 2.05) is 30.3 Å². The van der Waals surface area contributed by atoms with Crippen LogP contribution in [0.1, 0.15) is 24.8 Å². The molecule has 1 saturated carbocycles. The number of aromatic nitrogens is 1. The first-order valence-electron chi connectivity index (χ1n) is 5.83. The van der Waals surface area contributed by atoms with E-state index in [0.717, 1.165) is 23.7 Å². The highest BCUT2D eigenvalue weighted by Gasteiger charge is 2.21. The largest absolute Gasteiger partial charge is 0.473 e. The van der Waals surface area contributed by atoms with Gasteiger partial charge in [-0.1, -0.05) is 18.2 Å². The van der Waals surface area contributed by atoms with Gasteiger partial charge in [0.05, 0.1) is 5.52 Å². The van der Waals surface area contributed by atoms with Crippen LogP contribution in [0, 0.1) is 11.3 Å². The fourth-order valence-corrected chi connectivity index (χ4v) is 1.91. The summed E-state index contributed by atoms with van der Waals surface area (Å²) in [5.41, 5.74) is 1.40. The van der Waals surface area contributed by atoms with Crippen molar-refractivity contribution >= 4 is 10.9 Å². The summed E-state index contributed by atoms with van der Waals surface area (Å²) in [7, 11) is 0. The van der Waals surface area contributed by atoms with E-state index in [2.05, 4.69) is 11.1 Å². The molecule has 1 aromatic carbocycles. The van der Waals surface area contributed by atoms with Gasteiger partial charge in [0.1, 0.15) is 17.7 Å². The highest BCUT2D eigenvalue weighted by atomic mass is 16.5. The lowest BCUT2D eigenvalue weighted by Gasteiger charge is -2.26. The van der Waals surface area contributed by atoms with E-state index in [-0.39, 0.29) is 6.10 Å². The average molecular weight is 224 g/mol. The summed E-state index contributed by atoms with van der Waals surface area (Å²) in [4.78, 5) is 4.42. The Morgan fingerprint density at radius 3 is 2.82 bits per heavy atom. The minimum absolute atomic E-state index is 0.246. The number of rotatable bonds is 2. The van der Waals surface area contributed by atoms with Crippen LogP contribution in [0.5, 0.6) is 5.88 Å². The number of hydrogen-bond acceptors (Lipinski definition) is 3. The van der Waals surface area contributed by atoms with Gasteiger partial charge in [-0.15, -0.1) is 0 Å². The number of hydrogen-bond donors (Lipinski definition) is 0. The summed E-state index contributed by atoms with van der Waals surface area (Å²) in [6.07, 6.45) is 3.59. The Balaban J connectivity index is 2.05. The smallest absolute Gasteiger partial charge is 0.232 e. The van der Waals surface area contributed by atoms with Gasteiger partial charge in [-0.2, -0.15) is 5.26 Å². The fraction of sp³-hybridized carbons (Fsp3) is 0.286. The maximum atomic E-state index is 9.11. The second-order valence-corrected chi connectivity index (χ2v) is 4.32. The lowest BCUT2D eigenvalue weighted by atomic mass is 9.96. The van der Waals surface area contributed by atoms with Gasteiger partial charge in [-0.25, -0.2) is 4.98 Å². The van der Waals surface area contributed by atoms with Gasteiger partial charge in [0.25, 0.3) is 0 Å². The Labute approximate surface area is 99.7 Å². The Morgan fingerprint density at radius 2 is 2.12 bits per heavy atom. The molecule has 1 aliphatic carbocycles. The summed E-state index contributed by atoms with van der Waals surface area (Å²) in [6, 6.07) is 11.8. The average Bonchev–Trinajstić information content (AvgIpc) is 2.32. The molecule has 0 atom stereocenters. The predicted molar refractivity (Wildman–Crippen MR) is 64.7 cm³/mol. The van der Waals surface area contributed by atoms with Crippen LogP contribution in [0.4, 0.5) is 0 Å². The predicted octanol–water partition coefficient (Wildman–Crippen LogP) is 3.04. The maximum absolute atomic E-state index is 9.11. The van der Waals surface area contributed by atoms with Crippen molar-refractivity contribution in [3.8, 4) is 11.9 Å². The molecule has 1 aromatic heterocycles. The SMILES string of the molecule is N#Cc1cc2ccccc2nc1OC1CCC1. The molecule has 0 N–H and O–H groups in total. The van der Waals surface area contributed by atoms with Gasteiger partial charge in [0.2, 0.25) is 5.88 Å². The third-order valence-electron chi connectivity index (χ3n) is 3.14. The summed E-state index contributed by atoms with van der Waals surface area (Å²) in [5, 5.41) is 10.1. The topological polar surface area (TPSA) is 45.9 Å². The molecule has 0 amide bonds. The van der Waals surface area contributed by atoms with Crippen LogP contribution < -0.4 is 4.74 Å². The molecule has 3 nitrogen and oxygen atoms in total. The zero-order chi connectivity index (χ0) is 11.7. The van der Waals surface area contributed by atoms with Crippen molar-refractivity contribution in [1.29, 1.82) is 5.26 Å². The van der Waals surface area contributed by atoms with Crippen LogP contribution in [0.25, 0.3) is 10.9 Å². The van der Waals surface area contributed by atoms with Crippen LogP contribution in [0.15, 0.2) is 30.3 Å². The molecule has 0 aliphatic heterocycles. The van der Waals surface area contributed by atoms with Gasteiger partial charge in [0.15, 0.2) is 0 Å². The highest BCUT2D eigenvalue weighted by Crippen LogP contribution is 2.28. The summed E-state index contributed by atoms with van der Waals surface area (Å²) in [6.45, 7) is 0. The number of benzene rings is 1. The molecule has 0 spiro atoms. The molecule has 1 heterocycles. The van der Waals surface area contributed by atoms with Crippen molar-refractivity contribution in [2.75, 3.05) is 0 Å². The number of pyridine rings is 1. The molecular formula is C14H12N2O. The van der Waals surface area contributed by atoms with Crippen molar-refractivity contribution in [3.05, 3.63) is 35.9 Å². The monoisotopic (exact) mass is 224 g/mol. The first-order valence-corrected chi connectivity index (χ1v) is 5.83. The molecule has 84 valence electrons. The maximum Gasteiger partial charge on any atom is 0.232 e. The molecule has 0 bridgehead atoms. The molecule has 3 rings (SSSR count). The third kappa shape index (κ3) is 1.83. The molecular weight excluding hydrogens is 212 g/mol. The summed E-state index contributed by atoms with van der Waals surface area (Å²) in [5.74, 6) is 0.482. The second kappa shape index (κ2) is 4.06. The number of nitrogens with zero attached hydrogens (tertiary/aromatic N) is 2. The van der Waals surface area contributed by atoms with E-state index in [1.54, 1.807) is 0 Å². The van der Waals surface area contributed by atoms with Crippen molar-refractivity contribution < 1.29 is 4.74 Å². The standard InChI is InChI=1S/C14H12N2O/c15-9-11-8-10-4-1-2-7-13(10)16-14(11)17-12-5-3-6-12/h1-2,4,7-8,12H,3,5-6H2. The van der Waals surface area contributed by atoms with E-state index in [0.29, 0.717) is 11.4 Å². The minimum Gasteiger partial charge on any atom is -0.473 e. The Morgan fingerprint density at radius 1 is 1.29 bits per heavy atom. The van der Waals surface area contributed by atoms with Gasteiger partial charge < -0.3 is 4.74 Å². The molecule has 0 unspecified atom stereocenters. The lowest BCUT2D eigenvalue weighted by Crippen LogP contribution is -2.25. The molecule has 0 radical (unpaired) electrons. The molecule has 1 fully saturated rings. The lowest BCUT2D eigenvalue weighted by molar-refractivity contribution is 0.114. The number of nitriles is 1. The van der Waals surface area contributed by atoms with Crippen LogP contribution in [-0.4, -0.2) is 11.1 Å². The molecule has 2 aromatic rings. The van der Waals surface area contributed by atoms with Gasteiger partial charge in [-0.3, -0.25) is 0 Å². The first-order chi connectivity index (χ1) is 8.36. The molecule has 3 heteroatoms. The fourth-order valence-electron chi connectivity index (χ4n) is 1.91. The minimum atomic E-state index is 0.246. The number of fused-ring (bicyclic) bond motifs is 1. The van der Waals surface area contributed by atoms with E-state index < -0.39 is 0 Å². The summed E-state index contributed by atoms with van der Waals surface area (Å²) >= 11 is 0. The van der Waals surface area contributed by atoms with E-state index in [1.165, 1.54) is 6.42 Å². The summed E-state index contributed by atoms with van der Waals surface area (Å²) < 4.78 is 5.75. The Kier molecular flexibility index (Phi) is 2.41. The third-order valence-corrected chi connectivity index (χ3v) is 3.14. The zero-order valence-electron chi connectivity index (χ0n) is 9.39. The van der Waals surface area contributed by atoms with Crippen molar-refractivity contribution in [2.24, 2.45) is 0 Å². The van der Waals surface area contributed by atoms with Crippen molar-refractivity contribution in [1.82, 2.24) is 4.98 Å². The van der Waals surface area contributed by atoms with E-state index in [4.69, 9.17) is 10.00 Å². The normalized spacial score (nSPS) is 15.2.